The maximum atomic E-state index is 10.6. The summed E-state index contributed by atoms with van der Waals surface area (Å²) in [6, 6.07) is 0. The first-order chi connectivity index (χ1) is 8.36. The summed E-state index contributed by atoms with van der Waals surface area (Å²) in [5.74, 6) is 0.912. The molecule has 0 saturated carbocycles. The van der Waals surface area contributed by atoms with E-state index >= 15 is 0 Å². The molecule has 3 heterocycles. The van der Waals surface area contributed by atoms with E-state index in [-0.39, 0.29) is 5.82 Å². The van der Waals surface area contributed by atoms with Crippen molar-refractivity contribution < 1.29 is 9.53 Å². The Morgan fingerprint density at radius 3 is 2.94 bits per heavy atom. The monoisotopic (exact) mass is 233 g/mol. The van der Waals surface area contributed by atoms with Crippen molar-refractivity contribution in [2.45, 2.75) is 0 Å². The van der Waals surface area contributed by atoms with Gasteiger partial charge in [-0.2, -0.15) is 4.98 Å². The van der Waals surface area contributed by atoms with Gasteiger partial charge in [-0.05, 0) is 0 Å². The second-order valence-corrected chi connectivity index (χ2v) is 3.74. The van der Waals surface area contributed by atoms with Crippen molar-refractivity contribution in [2.24, 2.45) is 0 Å². The van der Waals surface area contributed by atoms with Crippen LogP contribution in [0.4, 0.5) is 5.95 Å². The van der Waals surface area contributed by atoms with E-state index in [1.54, 1.807) is 6.20 Å². The Balaban J connectivity index is 1.97. The van der Waals surface area contributed by atoms with Gasteiger partial charge in [-0.1, -0.05) is 0 Å². The number of imidazole rings is 1. The highest BCUT2D eigenvalue weighted by atomic mass is 16.5. The van der Waals surface area contributed by atoms with Gasteiger partial charge in [-0.25, -0.2) is 9.97 Å². The molecule has 0 radical (unpaired) electrons. The smallest absolute Gasteiger partial charge is 0.227 e. The zero-order chi connectivity index (χ0) is 11.7. The van der Waals surface area contributed by atoms with Crippen molar-refractivity contribution >= 4 is 23.4 Å². The summed E-state index contributed by atoms with van der Waals surface area (Å²) in [7, 11) is 0. The third kappa shape index (κ3) is 1.84. The lowest BCUT2D eigenvalue weighted by atomic mass is 10.4. The van der Waals surface area contributed by atoms with E-state index in [9.17, 15) is 4.79 Å². The molecule has 1 saturated heterocycles. The first-order valence-electron chi connectivity index (χ1n) is 5.37. The van der Waals surface area contributed by atoms with Gasteiger partial charge in [-0.3, -0.25) is 4.79 Å². The quantitative estimate of drug-likeness (QED) is 0.735. The molecule has 0 spiro atoms. The second kappa shape index (κ2) is 4.10. The lowest BCUT2D eigenvalue weighted by Gasteiger charge is -2.26. The molecule has 7 heteroatoms. The van der Waals surface area contributed by atoms with E-state index in [2.05, 4.69) is 19.9 Å². The SMILES string of the molecule is O=Cc1nc2cnc(N3CCOCC3)nc2[nH]1. The Morgan fingerprint density at radius 2 is 2.18 bits per heavy atom. The molecule has 0 bridgehead atoms. The summed E-state index contributed by atoms with van der Waals surface area (Å²) in [5.41, 5.74) is 1.19. The van der Waals surface area contributed by atoms with Crippen LogP contribution in [0.5, 0.6) is 0 Å². The zero-order valence-electron chi connectivity index (χ0n) is 9.09. The van der Waals surface area contributed by atoms with Crippen LogP contribution < -0.4 is 4.90 Å². The molecule has 0 amide bonds. The number of hydrogen-bond acceptors (Lipinski definition) is 6. The number of nitrogens with zero attached hydrogens (tertiary/aromatic N) is 4. The average Bonchev–Trinajstić information content (AvgIpc) is 2.81. The average molecular weight is 233 g/mol. The van der Waals surface area contributed by atoms with E-state index in [0.29, 0.717) is 36.6 Å². The van der Waals surface area contributed by atoms with Crippen LogP contribution in [-0.4, -0.2) is 52.5 Å². The summed E-state index contributed by atoms with van der Waals surface area (Å²) in [6.07, 6.45) is 2.28. The van der Waals surface area contributed by atoms with Crippen LogP contribution in [0.25, 0.3) is 11.2 Å². The highest BCUT2D eigenvalue weighted by molar-refractivity contribution is 5.79. The maximum absolute atomic E-state index is 10.6. The molecule has 0 unspecified atom stereocenters. The number of rotatable bonds is 2. The van der Waals surface area contributed by atoms with Crippen LogP contribution >= 0.6 is 0 Å². The van der Waals surface area contributed by atoms with Gasteiger partial charge in [0.2, 0.25) is 5.95 Å². The normalized spacial score (nSPS) is 16.4. The Bertz CT molecular complexity index is 547. The van der Waals surface area contributed by atoms with Gasteiger partial charge in [0.15, 0.2) is 17.8 Å². The predicted octanol–water partition coefficient (Wildman–Crippen LogP) is 0.00200. The topological polar surface area (TPSA) is 84.0 Å². The second-order valence-electron chi connectivity index (χ2n) is 3.74. The molecule has 0 aliphatic carbocycles. The molecule has 1 aliphatic heterocycles. The summed E-state index contributed by atoms with van der Waals surface area (Å²) in [5, 5.41) is 0. The van der Waals surface area contributed by atoms with Crippen LogP contribution in [0.1, 0.15) is 10.6 Å². The fourth-order valence-electron chi connectivity index (χ4n) is 1.79. The number of fused-ring (bicyclic) bond motifs is 1. The number of ether oxygens (including phenoxy) is 1. The molecule has 3 rings (SSSR count). The minimum atomic E-state index is 0.272. The number of carbonyl (C=O) groups excluding carboxylic acids is 1. The van der Waals surface area contributed by atoms with Crippen molar-refractivity contribution in [3.8, 4) is 0 Å². The Kier molecular flexibility index (Phi) is 2.45. The number of hydrogen-bond donors (Lipinski definition) is 1. The predicted molar refractivity (Wildman–Crippen MR) is 60.1 cm³/mol. The fourth-order valence-corrected chi connectivity index (χ4v) is 1.79. The van der Waals surface area contributed by atoms with E-state index in [0.717, 1.165) is 13.1 Å². The summed E-state index contributed by atoms with van der Waals surface area (Å²) >= 11 is 0. The molecule has 7 nitrogen and oxygen atoms in total. The molecule has 1 fully saturated rings. The first-order valence-corrected chi connectivity index (χ1v) is 5.37. The molecule has 0 atom stereocenters. The number of morpholine rings is 1. The zero-order valence-corrected chi connectivity index (χ0v) is 9.09. The Labute approximate surface area is 96.8 Å². The van der Waals surface area contributed by atoms with Crippen LogP contribution in [0.3, 0.4) is 0 Å². The summed E-state index contributed by atoms with van der Waals surface area (Å²) < 4.78 is 5.27. The third-order valence-corrected chi connectivity index (χ3v) is 2.65. The van der Waals surface area contributed by atoms with Crippen molar-refractivity contribution in [3.63, 3.8) is 0 Å². The standard InChI is InChI=1S/C10H11N5O2/c16-6-8-12-7-5-11-10(14-9(7)13-8)15-1-3-17-4-2-15/h5-6H,1-4H2,(H,11,12,13,14). The molecule has 88 valence electrons. The molecular weight excluding hydrogens is 222 g/mol. The van der Waals surface area contributed by atoms with E-state index < -0.39 is 0 Å². The van der Waals surface area contributed by atoms with Crippen molar-refractivity contribution in [2.75, 3.05) is 31.2 Å². The molecule has 1 N–H and O–H groups in total. The van der Waals surface area contributed by atoms with Gasteiger partial charge in [-0.15, -0.1) is 0 Å². The molecule has 0 aromatic carbocycles. The highest BCUT2D eigenvalue weighted by Crippen LogP contribution is 2.13. The Hall–Kier alpha value is -2.02. The van der Waals surface area contributed by atoms with Gasteiger partial charge in [0, 0.05) is 13.1 Å². The number of aldehydes is 1. The molecule has 2 aromatic rings. The fraction of sp³-hybridized carbons (Fsp3) is 0.400. The van der Waals surface area contributed by atoms with E-state index in [1.165, 1.54) is 0 Å². The largest absolute Gasteiger partial charge is 0.378 e. The van der Waals surface area contributed by atoms with Gasteiger partial charge < -0.3 is 14.6 Å². The number of aromatic nitrogens is 4. The van der Waals surface area contributed by atoms with E-state index in [4.69, 9.17) is 4.74 Å². The Morgan fingerprint density at radius 1 is 1.35 bits per heavy atom. The van der Waals surface area contributed by atoms with Crippen LogP contribution in [0.15, 0.2) is 6.20 Å². The molecule has 2 aromatic heterocycles. The van der Waals surface area contributed by atoms with Crippen LogP contribution in [0, 0.1) is 0 Å². The van der Waals surface area contributed by atoms with Gasteiger partial charge in [0.1, 0.15) is 5.52 Å². The maximum Gasteiger partial charge on any atom is 0.227 e. The van der Waals surface area contributed by atoms with Gasteiger partial charge in [0.25, 0.3) is 0 Å². The van der Waals surface area contributed by atoms with Gasteiger partial charge in [0.05, 0.1) is 19.4 Å². The van der Waals surface area contributed by atoms with Crippen molar-refractivity contribution in [3.05, 3.63) is 12.0 Å². The number of carbonyl (C=O) groups is 1. The van der Waals surface area contributed by atoms with E-state index in [1.807, 2.05) is 4.90 Å². The number of anilines is 1. The molecule has 17 heavy (non-hydrogen) atoms. The molecule has 1 aliphatic rings. The van der Waals surface area contributed by atoms with Crippen molar-refractivity contribution in [1.82, 2.24) is 19.9 Å². The highest BCUT2D eigenvalue weighted by Gasteiger charge is 2.15. The number of aromatic amines is 1. The number of H-pyrrole nitrogens is 1. The minimum Gasteiger partial charge on any atom is -0.378 e. The number of nitrogens with one attached hydrogen (secondary N) is 1. The van der Waals surface area contributed by atoms with Crippen LogP contribution in [0.2, 0.25) is 0 Å². The minimum absolute atomic E-state index is 0.272. The summed E-state index contributed by atoms with van der Waals surface area (Å²) in [4.78, 5) is 28.1. The lowest BCUT2D eigenvalue weighted by Crippen LogP contribution is -2.37. The van der Waals surface area contributed by atoms with Crippen molar-refractivity contribution in [1.29, 1.82) is 0 Å². The summed E-state index contributed by atoms with van der Waals surface area (Å²) in [6.45, 7) is 2.92. The third-order valence-electron chi connectivity index (χ3n) is 2.65. The lowest BCUT2D eigenvalue weighted by molar-refractivity contribution is 0.111. The molecular formula is C10H11N5O2. The first kappa shape index (κ1) is 10.2. The van der Waals surface area contributed by atoms with Crippen LogP contribution in [-0.2, 0) is 4.74 Å². The van der Waals surface area contributed by atoms with Gasteiger partial charge >= 0.3 is 0 Å².